The number of hydrogen-bond acceptors (Lipinski definition) is 6. The van der Waals surface area contributed by atoms with Crippen molar-refractivity contribution in [1.82, 2.24) is 5.32 Å². The summed E-state index contributed by atoms with van der Waals surface area (Å²) in [7, 11) is 0. The zero-order valence-electron chi connectivity index (χ0n) is 13.6. The molecule has 0 atom stereocenters. The highest BCUT2D eigenvalue weighted by molar-refractivity contribution is 5.83. The summed E-state index contributed by atoms with van der Waals surface area (Å²) in [5.41, 5.74) is 1.36. The summed E-state index contributed by atoms with van der Waals surface area (Å²) < 4.78 is 10.8. The van der Waals surface area contributed by atoms with Crippen molar-refractivity contribution in [2.24, 2.45) is 0 Å². The van der Waals surface area contributed by atoms with Gasteiger partial charge in [0.1, 0.15) is 17.6 Å². The maximum Gasteiger partial charge on any atom is 0.258 e. The molecule has 26 heavy (non-hydrogen) atoms. The van der Waals surface area contributed by atoms with Crippen LogP contribution in [-0.2, 0) is 9.59 Å². The van der Waals surface area contributed by atoms with E-state index in [0.717, 1.165) is 5.56 Å². The SMILES string of the molecule is O=C([O-])CNC(=O)COc1ccc2c(=O)c(-c3ccccc3)coc2c1. The van der Waals surface area contributed by atoms with Crippen LogP contribution in [0.4, 0.5) is 0 Å². The average molecular weight is 352 g/mol. The maximum atomic E-state index is 12.6. The first kappa shape index (κ1) is 17.2. The van der Waals surface area contributed by atoms with Gasteiger partial charge in [0.15, 0.2) is 12.0 Å². The predicted octanol–water partition coefficient (Wildman–Crippen LogP) is 0.705. The lowest BCUT2D eigenvalue weighted by atomic mass is 10.1. The molecule has 3 rings (SSSR count). The van der Waals surface area contributed by atoms with E-state index in [1.807, 2.05) is 30.3 Å². The number of rotatable bonds is 6. The standard InChI is InChI=1S/C19H15NO6/c21-17(20-9-18(22)23)11-25-13-6-7-14-16(8-13)26-10-15(19(14)24)12-4-2-1-3-5-12/h1-8,10H,9,11H2,(H,20,21)(H,22,23)/p-1. The highest BCUT2D eigenvalue weighted by Gasteiger charge is 2.10. The second kappa shape index (κ2) is 7.52. The van der Waals surface area contributed by atoms with Crippen LogP contribution in [0.3, 0.4) is 0 Å². The number of nitrogens with one attached hydrogen (secondary N) is 1. The fourth-order valence-electron chi connectivity index (χ4n) is 2.39. The Morgan fingerprint density at radius 3 is 2.62 bits per heavy atom. The lowest BCUT2D eigenvalue weighted by Crippen LogP contribution is -2.39. The molecule has 0 saturated carbocycles. The van der Waals surface area contributed by atoms with Gasteiger partial charge in [-0.25, -0.2) is 0 Å². The van der Waals surface area contributed by atoms with Crippen LogP contribution < -0.4 is 20.6 Å². The smallest absolute Gasteiger partial charge is 0.258 e. The lowest BCUT2D eigenvalue weighted by Gasteiger charge is -2.08. The Labute approximate surface area is 147 Å². The largest absolute Gasteiger partial charge is 0.548 e. The van der Waals surface area contributed by atoms with Gasteiger partial charge in [0, 0.05) is 6.07 Å². The monoisotopic (exact) mass is 352 g/mol. The van der Waals surface area contributed by atoms with E-state index in [1.54, 1.807) is 12.1 Å². The molecule has 1 amide bonds. The van der Waals surface area contributed by atoms with Gasteiger partial charge in [-0.3, -0.25) is 9.59 Å². The summed E-state index contributed by atoms with van der Waals surface area (Å²) in [4.78, 5) is 34.3. The summed E-state index contributed by atoms with van der Waals surface area (Å²) in [5, 5.41) is 12.8. The van der Waals surface area contributed by atoms with Gasteiger partial charge in [-0.1, -0.05) is 30.3 Å². The van der Waals surface area contributed by atoms with Crippen LogP contribution in [0.1, 0.15) is 0 Å². The molecule has 132 valence electrons. The Hall–Kier alpha value is -3.61. The Morgan fingerprint density at radius 1 is 1.12 bits per heavy atom. The summed E-state index contributed by atoms with van der Waals surface area (Å²) in [5.74, 6) is -1.67. The highest BCUT2D eigenvalue weighted by Crippen LogP contribution is 2.22. The van der Waals surface area contributed by atoms with Crippen molar-refractivity contribution in [3.63, 3.8) is 0 Å². The molecule has 7 heteroatoms. The van der Waals surface area contributed by atoms with E-state index in [2.05, 4.69) is 5.32 Å². The van der Waals surface area contributed by atoms with E-state index in [9.17, 15) is 19.5 Å². The molecule has 0 radical (unpaired) electrons. The summed E-state index contributed by atoms with van der Waals surface area (Å²) in [6, 6.07) is 13.8. The number of benzene rings is 2. The molecule has 1 N–H and O–H groups in total. The van der Waals surface area contributed by atoms with Crippen molar-refractivity contribution >= 4 is 22.8 Å². The fraction of sp³-hybridized carbons (Fsp3) is 0.105. The molecule has 0 spiro atoms. The fourth-order valence-corrected chi connectivity index (χ4v) is 2.39. The number of carboxylic acid groups (broad SMARTS) is 1. The van der Waals surface area contributed by atoms with Crippen molar-refractivity contribution < 1.29 is 23.8 Å². The molecule has 3 aromatic rings. The van der Waals surface area contributed by atoms with Gasteiger partial charge < -0.3 is 24.4 Å². The maximum absolute atomic E-state index is 12.6. The molecule has 0 aliphatic rings. The molecule has 0 aliphatic heterocycles. The molecule has 0 saturated heterocycles. The van der Waals surface area contributed by atoms with Crippen LogP contribution in [0.15, 0.2) is 64.0 Å². The van der Waals surface area contributed by atoms with E-state index in [0.29, 0.717) is 22.3 Å². The van der Waals surface area contributed by atoms with Crippen molar-refractivity contribution in [3.8, 4) is 16.9 Å². The zero-order valence-corrected chi connectivity index (χ0v) is 13.6. The van der Waals surface area contributed by atoms with Gasteiger partial charge in [-0.15, -0.1) is 0 Å². The number of carbonyl (C=O) groups is 2. The third-order valence-corrected chi connectivity index (χ3v) is 3.63. The van der Waals surface area contributed by atoms with Gasteiger partial charge in [-0.05, 0) is 17.7 Å². The first-order chi connectivity index (χ1) is 12.5. The van der Waals surface area contributed by atoms with Crippen LogP contribution in [0.5, 0.6) is 5.75 Å². The second-order valence-corrected chi connectivity index (χ2v) is 5.44. The third-order valence-electron chi connectivity index (χ3n) is 3.63. The van der Waals surface area contributed by atoms with Crippen molar-refractivity contribution in [2.75, 3.05) is 13.2 Å². The number of carbonyl (C=O) groups excluding carboxylic acids is 2. The van der Waals surface area contributed by atoms with E-state index in [-0.39, 0.29) is 12.0 Å². The van der Waals surface area contributed by atoms with E-state index >= 15 is 0 Å². The predicted molar refractivity (Wildman–Crippen MR) is 91.4 cm³/mol. The molecule has 2 aromatic carbocycles. The van der Waals surface area contributed by atoms with E-state index in [1.165, 1.54) is 12.3 Å². The van der Waals surface area contributed by atoms with Gasteiger partial charge in [0.2, 0.25) is 0 Å². The second-order valence-electron chi connectivity index (χ2n) is 5.44. The molecule has 0 unspecified atom stereocenters. The number of ether oxygens (including phenoxy) is 1. The van der Waals surface area contributed by atoms with Crippen LogP contribution in [0, 0.1) is 0 Å². The number of aliphatic carboxylic acids is 1. The summed E-state index contributed by atoms with van der Waals surface area (Å²) in [6.07, 6.45) is 1.39. The van der Waals surface area contributed by atoms with Gasteiger partial charge in [0.25, 0.3) is 5.91 Å². The highest BCUT2D eigenvalue weighted by atomic mass is 16.5. The third kappa shape index (κ3) is 3.89. The molecular formula is C19H14NO6-. The van der Waals surface area contributed by atoms with Crippen molar-refractivity contribution in [1.29, 1.82) is 0 Å². The summed E-state index contributed by atoms with van der Waals surface area (Å²) >= 11 is 0. The summed E-state index contributed by atoms with van der Waals surface area (Å²) in [6.45, 7) is -0.956. The number of amides is 1. The zero-order chi connectivity index (χ0) is 18.5. The van der Waals surface area contributed by atoms with Gasteiger partial charge in [0.05, 0.1) is 23.5 Å². The van der Waals surface area contributed by atoms with Crippen LogP contribution in [0.2, 0.25) is 0 Å². The van der Waals surface area contributed by atoms with E-state index < -0.39 is 18.4 Å². The average Bonchev–Trinajstić information content (AvgIpc) is 2.65. The molecule has 7 nitrogen and oxygen atoms in total. The van der Waals surface area contributed by atoms with Gasteiger partial charge >= 0.3 is 0 Å². The Morgan fingerprint density at radius 2 is 1.88 bits per heavy atom. The minimum absolute atomic E-state index is 0.171. The van der Waals surface area contributed by atoms with Crippen molar-refractivity contribution in [2.45, 2.75) is 0 Å². The number of hydrogen-bond donors (Lipinski definition) is 1. The first-order valence-corrected chi connectivity index (χ1v) is 7.75. The Bertz CT molecular complexity index is 1010. The molecule has 1 aromatic heterocycles. The Kier molecular flexibility index (Phi) is 4.98. The van der Waals surface area contributed by atoms with E-state index in [4.69, 9.17) is 9.15 Å². The minimum Gasteiger partial charge on any atom is -0.548 e. The molecule has 0 fully saturated rings. The van der Waals surface area contributed by atoms with Crippen LogP contribution >= 0.6 is 0 Å². The van der Waals surface area contributed by atoms with Crippen LogP contribution in [-0.4, -0.2) is 25.0 Å². The Balaban J connectivity index is 1.79. The van der Waals surface area contributed by atoms with Gasteiger partial charge in [-0.2, -0.15) is 0 Å². The topological polar surface area (TPSA) is 109 Å². The quantitative estimate of drug-likeness (QED) is 0.700. The lowest BCUT2D eigenvalue weighted by molar-refractivity contribution is -0.304. The molecule has 0 aliphatic carbocycles. The van der Waals surface area contributed by atoms with Crippen LogP contribution in [0.25, 0.3) is 22.1 Å². The first-order valence-electron chi connectivity index (χ1n) is 7.75. The molecule has 0 bridgehead atoms. The van der Waals surface area contributed by atoms with Crippen molar-refractivity contribution in [3.05, 3.63) is 65.0 Å². The molecular weight excluding hydrogens is 338 g/mol. The normalized spacial score (nSPS) is 10.5. The number of carboxylic acids is 1. The minimum atomic E-state index is -1.39. The molecule has 1 heterocycles. The number of fused-ring (bicyclic) bond motifs is 1.